The topological polar surface area (TPSA) is 69.6 Å². The Morgan fingerprint density at radius 3 is 2.25 bits per heavy atom. The molecule has 1 saturated heterocycles. The molecule has 0 spiro atoms. The zero-order chi connectivity index (χ0) is 15.1. The molecular formula is C15H28N2O3. The lowest BCUT2D eigenvalue weighted by Gasteiger charge is -2.33. The van der Waals surface area contributed by atoms with Gasteiger partial charge in [-0.05, 0) is 31.6 Å². The standard InChI is InChI=1S/C15H28N2O3/c1-4-13(5-2)11(3)16-15(20)17-8-6-12(7-9-17)10-14(18)19/h11-13H,4-10H2,1-3H3,(H,16,20)(H,18,19). The van der Waals surface area contributed by atoms with Crippen molar-refractivity contribution in [3.63, 3.8) is 0 Å². The summed E-state index contributed by atoms with van der Waals surface area (Å²) in [5.74, 6) is -0.00763. The number of hydrogen-bond donors (Lipinski definition) is 2. The summed E-state index contributed by atoms with van der Waals surface area (Å²) in [4.78, 5) is 24.7. The Hall–Kier alpha value is -1.26. The van der Waals surface area contributed by atoms with Crippen LogP contribution in [0, 0.1) is 11.8 Å². The van der Waals surface area contributed by atoms with Crippen molar-refractivity contribution in [1.82, 2.24) is 10.2 Å². The zero-order valence-electron chi connectivity index (χ0n) is 12.9. The average molecular weight is 284 g/mol. The first kappa shape index (κ1) is 16.8. The van der Waals surface area contributed by atoms with Gasteiger partial charge in [0.05, 0.1) is 0 Å². The van der Waals surface area contributed by atoms with E-state index in [0.29, 0.717) is 19.0 Å². The number of carbonyl (C=O) groups excluding carboxylic acids is 1. The lowest BCUT2D eigenvalue weighted by molar-refractivity contribution is -0.138. The van der Waals surface area contributed by atoms with Gasteiger partial charge in [-0.3, -0.25) is 4.79 Å². The maximum Gasteiger partial charge on any atom is 0.317 e. The Bertz CT molecular complexity index is 321. The Kier molecular flexibility index (Phi) is 6.82. The van der Waals surface area contributed by atoms with E-state index in [0.717, 1.165) is 25.7 Å². The van der Waals surface area contributed by atoms with Crippen molar-refractivity contribution in [2.45, 2.75) is 58.9 Å². The second-order valence-corrected chi connectivity index (χ2v) is 5.84. The van der Waals surface area contributed by atoms with Crippen molar-refractivity contribution in [3.8, 4) is 0 Å². The van der Waals surface area contributed by atoms with Crippen molar-refractivity contribution < 1.29 is 14.7 Å². The smallest absolute Gasteiger partial charge is 0.317 e. The summed E-state index contributed by atoms with van der Waals surface area (Å²) in [6.45, 7) is 7.69. The molecule has 1 fully saturated rings. The lowest BCUT2D eigenvalue weighted by atomic mass is 9.93. The molecule has 2 amide bonds. The molecule has 1 atom stereocenters. The van der Waals surface area contributed by atoms with Gasteiger partial charge in [-0.2, -0.15) is 0 Å². The number of carboxylic acids is 1. The minimum absolute atomic E-state index is 0.00169. The molecule has 1 aliphatic heterocycles. The quantitative estimate of drug-likeness (QED) is 0.788. The number of carboxylic acid groups (broad SMARTS) is 1. The molecule has 116 valence electrons. The first-order valence-electron chi connectivity index (χ1n) is 7.75. The van der Waals surface area contributed by atoms with Gasteiger partial charge in [-0.1, -0.05) is 26.7 Å². The highest BCUT2D eigenvalue weighted by molar-refractivity contribution is 5.74. The number of amides is 2. The first-order valence-corrected chi connectivity index (χ1v) is 7.75. The predicted molar refractivity (Wildman–Crippen MR) is 78.6 cm³/mol. The highest BCUT2D eigenvalue weighted by Crippen LogP contribution is 2.21. The minimum atomic E-state index is -0.741. The Balaban J connectivity index is 2.37. The number of nitrogens with one attached hydrogen (secondary N) is 1. The van der Waals surface area contributed by atoms with Gasteiger partial charge in [0.15, 0.2) is 0 Å². The van der Waals surface area contributed by atoms with Crippen molar-refractivity contribution in [2.24, 2.45) is 11.8 Å². The maximum absolute atomic E-state index is 12.2. The summed E-state index contributed by atoms with van der Waals surface area (Å²) in [5, 5.41) is 11.9. The van der Waals surface area contributed by atoms with Crippen LogP contribution in [0.1, 0.15) is 52.9 Å². The van der Waals surface area contributed by atoms with Gasteiger partial charge in [0.2, 0.25) is 0 Å². The van der Waals surface area contributed by atoms with E-state index < -0.39 is 5.97 Å². The molecule has 0 saturated carbocycles. The average Bonchev–Trinajstić information content (AvgIpc) is 2.40. The van der Waals surface area contributed by atoms with Crippen LogP contribution in [0.25, 0.3) is 0 Å². The lowest BCUT2D eigenvalue weighted by Crippen LogP contribution is -2.49. The molecular weight excluding hydrogens is 256 g/mol. The summed E-state index contributed by atoms with van der Waals surface area (Å²) in [6.07, 6.45) is 3.94. The van der Waals surface area contributed by atoms with Crippen LogP contribution >= 0.6 is 0 Å². The Morgan fingerprint density at radius 2 is 1.80 bits per heavy atom. The highest BCUT2D eigenvalue weighted by atomic mass is 16.4. The van der Waals surface area contributed by atoms with Crippen molar-refractivity contribution >= 4 is 12.0 Å². The fraction of sp³-hybridized carbons (Fsp3) is 0.867. The third kappa shape index (κ3) is 5.02. The molecule has 0 aromatic heterocycles. The van der Waals surface area contributed by atoms with Crippen molar-refractivity contribution in [1.29, 1.82) is 0 Å². The van der Waals surface area contributed by atoms with Gasteiger partial charge in [0.1, 0.15) is 0 Å². The van der Waals surface area contributed by atoms with Crippen LogP contribution in [0.15, 0.2) is 0 Å². The van der Waals surface area contributed by atoms with Crippen LogP contribution in [0.4, 0.5) is 4.79 Å². The fourth-order valence-electron chi connectivity index (χ4n) is 2.99. The highest BCUT2D eigenvalue weighted by Gasteiger charge is 2.25. The molecule has 1 heterocycles. The first-order chi connectivity index (χ1) is 9.47. The van der Waals surface area contributed by atoms with E-state index in [9.17, 15) is 9.59 Å². The number of urea groups is 1. The summed E-state index contributed by atoms with van der Waals surface area (Å²) in [7, 11) is 0. The molecule has 1 aliphatic rings. The SMILES string of the molecule is CCC(CC)C(C)NC(=O)N1CCC(CC(=O)O)CC1. The van der Waals surface area contributed by atoms with Gasteiger partial charge < -0.3 is 15.3 Å². The number of carbonyl (C=O) groups is 2. The van der Waals surface area contributed by atoms with Gasteiger partial charge in [-0.15, -0.1) is 0 Å². The van der Waals surface area contributed by atoms with Crippen molar-refractivity contribution in [3.05, 3.63) is 0 Å². The van der Waals surface area contributed by atoms with E-state index in [2.05, 4.69) is 26.1 Å². The monoisotopic (exact) mass is 284 g/mol. The molecule has 0 aliphatic carbocycles. The van der Waals surface area contributed by atoms with Crippen LogP contribution in [-0.4, -0.2) is 41.1 Å². The largest absolute Gasteiger partial charge is 0.481 e. The van der Waals surface area contributed by atoms with E-state index in [1.165, 1.54) is 0 Å². The van der Waals surface area contributed by atoms with E-state index >= 15 is 0 Å². The molecule has 20 heavy (non-hydrogen) atoms. The van der Waals surface area contributed by atoms with E-state index in [1.54, 1.807) is 0 Å². The van der Waals surface area contributed by atoms with Gasteiger partial charge in [0.25, 0.3) is 0 Å². The van der Waals surface area contributed by atoms with Crippen LogP contribution in [0.2, 0.25) is 0 Å². The summed E-state index contributed by atoms with van der Waals surface area (Å²) < 4.78 is 0. The van der Waals surface area contributed by atoms with Crippen LogP contribution in [0.5, 0.6) is 0 Å². The van der Waals surface area contributed by atoms with Gasteiger partial charge in [0, 0.05) is 25.6 Å². The summed E-state index contributed by atoms with van der Waals surface area (Å²) in [5.41, 5.74) is 0. The summed E-state index contributed by atoms with van der Waals surface area (Å²) in [6, 6.07) is 0.187. The number of rotatable bonds is 6. The molecule has 2 N–H and O–H groups in total. The minimum Gasteiger partial charge on any atom is -0.481 e. The molecule has 5 heteroatoms. The second-order valence-electron chi connectivity index (χ2n) is 5.84. The van der Waals surface area contributed by atoms with Gasteiger partial charge in [-0.25, -0.2) is 4.79 Å². The molecule has 1 unspecified atom stereocenters. The molecule has 0 radical (unpaired) electrons. The number of aliphatic carboxylic acids is 1. The number of nitrogens with zero attached hydrogens (tertiary/aromatic N) is 1. The maximum atomic E-state index is 12.2. The fourth-order valence-corrected chi connectivity index (χ4v) is 2.99. The van der Waals surface area contributed by atoms with Crippen LogP contribution in [-0.2, 0) is 4.79 Å². The van der Waals surface area contributed by atoms with E-state index in [-0.39, 0.29) is 24.4 Å². The molecule has 0 aromatic rings. The molecule has 0 aromatic carbocycles. The third-order valence-electron chi connectivity index (χ3n) is 4.47. The second kappa shape index (κ2) is 8.12. The van der Waals surface area contributed by atoms with Crippen molar-refractivity contribution in [2.75, 3.05) is 13.1 Å². The van der Waals surface area contributed by atoms with E-state index in [1.807, 2.05) is 4.90 Å². The van der Waals surface area contributed by atoms with Crippen LogP contribution in [0.3, 0.4) is 0 Å². The molecule has 1 rings (SSSR count). The number of likely N-dealkylation sites (tertiary alicyclic amines) is 1. The Morgan fingerprint density at radius 1 is 1.25 bits per heavy atom. The third-order valence-corrected chi connectivity index (χ3v) is 4.47. The van der Waals surface area contributed by atoms with E-state index in [4.69, 9.17) is 5.11 Å². The van der Waals surface area contributed by atoms with Gasteiger partial charge >= 0.3 is 12.0 Å². The normalized spacial score (nSPS) is 18.1. The summed E-state index contributed by atoms with van der Waals surface area (Å²) >= 11 is 0. The van der Waals surface area contributed by atoms with Crippen LogP contribution < -0.4 is 5.32 Å². The molecule has 0 bridgehead atoms. The number of piperidine rings is 1. The zero-order valence-corrected chi connectivity index (χ0v) is 12.9. The molecule has 5 nitrogen and oxygen atoms in total. The number of hydrogen-bond acceptors (Lipinski definition) is 2. The predicted octanol–water partition coefficient (Wildman–Crippen LogP) is 2.71. The Labute approximate surface area is 121 Å².